The average Bonchev–Trinajstić information content (AvgIpc) is 3.07. The third-order valence-electron chi connectivity index (χ3n) is 5.21. The molecule has 1 heterocycles. The monoisotopic (exact) mass is 334 g/mol. The van der Waals surface area contributed by atoms with Gasteiger partial charge in [-0.15, -0.1) is 11.3 Å². The van der Waals surface area contributed by atoms with Gasteiger partial charge in [-0.05, 0) is 45.1 Å². The molecule has 0 saturated carbocycles. The molecule has 0 aliphatic rings. The fourth-order valence-electron chi connectivity index (χ4n) is 4.09. The largest absolute Gasteiger partial charge is 0.135 e. The van der Waals surface area contributed by atoms with E-state index in [9.17, 15) is 0 Å². The SMILES string of the molecule is c1ccc2cc3c(cc2c1)c1ccccc1c1sc2ccccc2c31. The second-order valence-corrected chi connectivity index (χ2v) is 7.65. The Bertz CT molecular complexity index is 1440. The van der Waals surface area contributed by atoms with Crippen molar-refractivity contribution in [2.24, 2.45) is 0 Å². The van der Waals surface area contributed by atoms with Crippen LogP contribution in [0.5, 0.6) is 0 Å². The molecule has 0 aliphatic carbocycles. The van der Waals surface area contributed by atoms with Crippen molar-refractivity contribution in [3.8, 4) is 0 Å². The van der Waals surface area contributed by atoms with Crippen LogP contribution in [-0.4, -0.2) is 0 Å². The van der Waals surface area contributed by atoms with Crippen LogP contribution in [-0.2, 0) is 0 Å². The molecule has 0 atom stereocenters. The summed E-state index contributed by atoms with van der Waals surface area (Å²) in [7, 11) is 0. The lowest BCUT2D eigenvalue weighted by atomic mass is 9.94. The van der Waals surface area contributed by atoms with Crippen LogP contribution in [0, 0.1) is 0 Å². The maximum atomic E-state index is 2.37. The number of benzene rings is 5. The first kappa shape index (κ1) is 13.4. The average molecular weight is 334 g/mol. The van der Waals surface area contributed by atoms with Gasteiger partial charge in [-0.1, -0.05) is 66.7 Å². The summed E-state index contributed by atoms with van der Waals surface area (Å²) in [5.41, 5.74) is 0. The summed E-state index contributed by atoms with van der Waals surface area (Å²) in [6, 6.07) is 31.0. The summed E-state index contributed by atoms with van der Waals surface area (Å²) in [5.74, 6) is 0. The van der Waals surface area contributed by atoms with E-state index in [1.165, 1.54) is 52.5 Å². The number of hydrogen-bond acceptors (Lipinski definition) is 1. The third kappa shape index (κ3) is 1.76. The highest BCUT2D eigenvalue weighted by Gasteiger charge is 2.14. The molecule has 1 aromatic heterocycles. The van der Waals surface area contributed by atoms with Gasteiger partial charge in [-0.25, -0.2) is 0 Å². The quantitative estimate of drug-likeness (QED) is 0.199. The molecule has 25 heavy (non-hydrogen) atoms. The first-order chi connectivity index (χ1) is 12.4. The van der Waals surface area contributed by atoms with E-state index in [2.05, 4.69) is 84.9 Å². The minimum absolute atomic E-state index is 1.30. The Hall–Kier alpha value is -2.90. The molecule has 6 rings (SSSR count). The Kier molecular flexibility index (Phi) is 2.58. The van der Waals surface area contributed by atoms with Crippen molar-refractivity contribution in [3.63, 3.8) is 0 Å². The molecule has 116 valence electrons. The molecule has 0 aliphatic heterocycles. The molecule has 0 spiro atoms. The van der Waals surface area contributed by atoms with Crippen molar-refractivity contribution in [3.05, 3.63) is 84.9 Å². The zero-order valence-electron chi connectivity index (χ0n) is 13.5. The highest BCUT2D eigenvalue weighted by Crippen LogP contribution is 2.44. The number of hydrogen-bond donors (Lipinski definition) is 0. The fourth-order valence-corrected chi connectivity index (χ4v) is 5.34. The van der Waals surface area contributed by atoms with E-state index in [-0.39, 0.29) is 0 Å². The fraction of sp³-hybridized carbons (Fsp3) is 0. The Balaban J connectivity index is 2.03. The third-order valence-corrected chi connectivity index (χ3v) is 6.42. The van der Waals surface area contributed by atoms with Gasteiger partial charge < -0.3 is 0 Å². The standard InChI is InChI=1S/C24H14S/c1-2-8-16-14-21-20(13-15(16)7-1)17-9-3-4-10-18(17)24-23(21)19-11-5-6-12-22(19)25-24/h1-14H. The molecule has 0 nitrogen and oxygen atoms in total. The molecule has 5 aromatic carbocycles. The zero-order chi connectivity index (χ0) is 16.4. The molecule has 6 aromatic rings. The molecule has 0 bridgehead atoms. The van der Waals surface area contributed by atoms with Crippen LogP contribution in [0.25, 0.3) is 52.5 Å². The lowest BCUT2D eigenvalue weighted by Gasteiger charge is -2.09. The molecule has 0 saturated heterocycles. The Labute approximate surface area is 148 Å². The number of fused-ring (bicyclic) bond motifs is 9. The van der Waals surface area contributed by atoms with Crippen LogP contribution >= 0.6 is 11.3 Å². The summed E-state index contributed by atoms with van der Waals surface area (Å²) < 4.78 is 2.77. The first-order valence-electron chi connectivity index (χ1n) is 8.54. The van der Waals surface area contributed by atoms with E-state index < -0.39 is 0 Å². The van der Waals surface area contributed by atoms with E-state index in [0.717, 1.165) is 0 Å². The lowest BCUT2D eigenvalue weighted by Crippen LogP contribution is -1.81. The summed E-state index contributed by atoms with van der Waals surface area (Å²) in [4.78, 5) is 0. The van der Waals surface area contributed by atoms with Gasteiger partial charge in [0, 0.05) is 25.6 Å². The zero-order valence-corrected chi connectivity index (χ0v) is 14.3. The molecule has 0 amide bonds. The Morgan fingerprint density at radius 2 is 1.08 bits per heavy atom. The van der Waals surface area contributed by atoms with Crippen molar-refractivity contribution in [1.29, 1.82) is 0 Å². The normalized spacial score (nSPS) is 12.0. The van der Waals surface area contributed by atoms with Gasteiger partial charge in [-0.2, -0.15) is 0 Å². The smallest absolute Gasteiger partial charge is 0.0440 e. The van der Waals surface area contributed by atoms with E-state index >= 15 is 0 Å². The molecule has 0 fully saturated rings. The molecule has 0 radical (unpaired) electrons. The van der Waals surface area contributed by atoms with E-state index in [1.54, 1.807) is 0 Å². The summed E-state index contributed by atoms with van der Waals surface area (Å²) in [5, 5.41) is 10.8. The molecular formula is C24H14S. The summed E-state index contributed by atoms with van der Waals surface area (Å²) in [6.45, 7) is 0. The molecule has 0 N–H and O–H groups in total. The predicted octanol–water partition coefficient (Wildman–Crippen LogP) is 7.51. The van der Waals surface area contributed by atoms with Crippen molar-refractivity contribution in [2.75, 3.05) is 0 Å². The van der Waals surface area contributed by atoms with Gasteiger partial charge in [0.2, 0.25) is 0 Å². The second-order valence-electron chi connectivity index (χ2n) is 6.59. The highest BCUT2D eigenvalue weighted by atomic mass is 32.1. The molecular weight excluding hydrogens is 320 g/mol. The van der Waals surface area contributed by atoms with Gasteiger partial charge in [-0.3, -0.25) is 0 Å². The highest BCUT2D eigenvalue weighted by molar-refractivity contribution is 7.27. The van der Waals surface area contributed by atoms with E-state index in [4.69, 9.17) is 0 Å². The Morgan fingerprint density at radius 3 is 1.88 bits per heavy atom. The maximum Gasteiger partial charge on any atom is 0.0440 e. The van der Waals surface area contributed by atoms with Crippen molar-refractivity contribution >= 4 is 63.8 Å². The van der Waals surface area contributed by atoms with Crippen LogP contribution in [0.15, 0.2) is 84.9 Å². The minimum Gasteiger partial charge on any atom is -0.135 e. The summed E-state index contributed by atoms with van der Waals surface area (Å²) >= 11 is 1.91. The van der Waals surface area contributed by atoms with Gasteiger partial charge in [0.15, 0.2) is 0 Å². The topological polar surface area (TPSA) is 0 Å². The summed E-state index contributed by atoms with van der Waals surface area (Å²) in [6.07, 6.45) is 0. The van der Waals surface area contributed by atoms with Crippen LogP contribution in [0.2, 0.25) is 0 Å². The van der Waals surface area contributed by atoms with Gasteiger partial charge in [0.1, 0.15) is 0 Å². The Morgan fingerprint density at radius 1 is 0.480 bits per heavy atom. The number of rotatable bonds is 0. The van der Waals surface area contributed by atoms with Crippen LogP contribution in [0.4, 0.5) is 0 Å². The van der Waals surface area contributed by atoms with Crippen molar-refractivity contribution < 1.29 is 0 Å². The molecule has 1 heteroatoms. The van der Waals surface area contributed by atoms with Gasteiger partial charge in [0.05, 0.1) is 0 Å². The second kappa shape index (κ2) is 4.81. The minimum atomic E-state index is 1.30. The first-order valence-corrected chi connectivity index (χ1v) is 9.36. The van der Waals surface area contributed by atoms with Gasteiger partial charge >= 0.3 is 0 Å². The van der Waals surface area contributed by atoms with Crippen LogP contribution in [0.3, 0.4) is 0 Å². The van der Waals surface area contributed by atoms with Crippen molar-refractivity contribution in [1.82, 2.24) is 0 Å². The number of thiophene rings is 1. The van der Waals surface area contributed by atoms with Crippen LogP contribution < -0.4 is 0 Å². The maximum absolute atomic E-state index is 2.37. The molecule has 0 unspecified atom stereocenters. The van der Waals surface area contributed by atoms with E-state index in [1.807, 2.05) is 11.3 Å². The lowest BCUT2D eigenvalue weighted by molar-refractivity contribution is 1.80. The van der Waals surface area contributed by atoms with Gasteiger partial charge in [0.25, 0.3) is 0 Å². The van der Waals surface area contributed by atoms with Crippen molar-refractivity contribution in [2.45, 2.75) is 0 Å². The predicted molar refractivity (Wildman–Crippen MR) is 112 cm³/mol. The van der Waals surface area contributed by atoms with E-state index in [0.29, 0.717) is 0 Å². The van der Waals surface area contributed by atoms with Crippen LogP contribution in [0.1, 0.15) is 0 Å².